The Kier molecular flexibility index (Phi) is 8.07. The molecule has 1 aliphatic heterocycles. The van der Waals surface area contributed by atoms with E-state index in [1.807, 2.05) is 81.6 Å². The van der Waals surface area contributed by atoms with E-state index in [9.17, 15) is 9.59 Å². The van der Waals surface area contributed by atoms with E-state index in [1.165, 1.54) is 11.3 Å². The van der Waals surface area contributed by atoms with Crippen LogP contribution in [0.1, 0.15) is 42.4 Å². The number of aromatic carboxylic acids is 1. The number of benzene rings is 2. The third kappa shape index (κ3) is 5.29. The van der Waals surface area contributed by atoms with Crippen molar-refractivity contribution in [3.05, 3.63) is 109 Å². The van der Waals surface area contributed by atoms with Crippen molar-refractivity contribution in [2.75, 3.05) is 5.32 Å². The first-order chi connectivity index (χ1) is 17.5. The Morgan fingerprint density at radius 2 is 1.78 bits per heavy atom. The highest BCUT2D eigenvalue weighted by Gasteiger charge is 2.19. The highest BCUT2D eigenvalue weighted by Crippen LogP contribution is 2.40. The van der Waals surface area contributed by atoms with Gasteiger partial charge in [-0.2, -0.15) is 4.57 Å². The highest BCUT2D eigenvalue weighted by atomic mass is 32.2. The lowest BCUT2D eigenvalue weighted by Crippen LogP contribution is -2.38. The molecular weight excluding hydrogens is 490 g/mol. The Morgan fingerprint density at radius 3 is 2.47 bits per heavy atom. The number of pyridine rings is 1. The van der Waals surface area contributed by atoms with Crippen LogP contribution < -0.4 is 24.6 Å². The standard InChI is InChI=1S/C26H21N3O3S2.C2H6/c1-2-29-22(34-23(25(29)30)24-27-20-8-3-4-9-21(20)33-24)15-19-7-5-6-14-28(19)16-17-10-12-18(13-11-17)26(31)32;1-2/h3-15H,2,16H2,1H3,(H-,27,30,31,32);1-2H3/p+1. The fourth-order valence-corrected chi connectivity index (χ4v) is 6.08. The fourth-order valence-electron chi connectivity index (χ4n) is 3.84. The predicted molar refractivity (Wildman–Crippen MR) is 147 cm³/mol. The first kappa shape index (κ1) is 25.5. The maximum absolute atomic E-state index is 13.2. The quantitative estimate of drug-likeness (QED) is 0.389. The number of carbonyl (C=O) groups is 1. The number of carboxylic acid groups (broad SMARTS) is 1. The molecule has 2 N–H and O–H groups in total. The van der Waals surface area contributed by atoms with Gasteiger partial charge < -0.3 is 10.4 Å². The second-order valence-electron chi connectivity index (χ2n) is 7.77. The van der Waals surface area contributed by atoms with E-state index in [1.54, 1.807) is 28.5 Å². The second kappa shape index (κ2) is 11.4. The lowest BCUT2D eigenvalue weighted by atomic mass is 10.1. The topological polar surface area (TPSA) is 75.2 Å². The molecule has 0 unspecified atom stereocenters. The van der Waals surface area contributed by atoms with Gasteiger partial charge in [0.1, 0.15) is 14.2 Å². The van der Waals surface area contributed by atoms with Crippen LogP contribution in [0, 0.1) is 0 Å². The minimum Gasteiger partial charge on any atom is -0.478 e. The Balaban J connectivity index is 0.00000148. The molecule has 0 saturated heterocycles. The molecular formula is C28H28N3O3S2+. The molecule has 0 bridgehead atoms. The van der Waals surface area contributed by atoms with E-state index in [0.717, 1.165) is 31.5 Å². The molecule has 8 heteroatoms. The average Bonchev–Trinajstić information content (AvgIpc) is 3.47. The average molecular weight is 519 g/mol. The number of hydrogen-bond acceptors (Lipinski definition) is 5. The molecule has 3 heterocycles. The van der Waals surface area contributed by atoms with Crippen LogP contribution in [0.3, 0.4) is 0 Å². The van der Waals surface area contributed by atoms with Crippen LogP contribution in [0.4, 0.5) is 5.69 Å². The Morgan fingerprint density at radius 1 is 1.06 bits per heavy atom. The van der Waals surface area contributed by atoms with Gasteiger partial charge in [-0.15, -0.1) is 11.3 Å². The molecule has 5 rings (SSSR count). The SMILES string of the molecule is CC.CCn1c(=O)/c(=C2/Nc3ccccc3S2)s/c1=C\c1cccc[n+]1Cc1ccc(C(=O)O)cc1. The number of anilines is 1. The number of thiazole rings is 1. The molecule has 1 aliphatic rings. The molecule has 0 aliphatic carbocycles. The first-order valence-corrected chi connectivity index (χ1v) is 13.5. The number of aromatic nitrogens is 2. The number of rotatable bonds is 5. The molecule has 36 heavy (non-hydrogen) atoms. The number of thioether (sulfide) groups is 1. The summed E-state index contributed by atoms with van der Waals surface area (Å²) >= 11 is 3.08. The van der Waals surface area contributed by atoms with Crippen LogP contribution in [0.2, 0.25) is 0 Å². The smallest absolute Gasteiger partial charge is 0.335 e. The molecule has 2 aromatic heterocycles. The van der Waals surface area contributed by atoms with Crippen molar-refractivity contribution in [3.8, 4) is 0 Å². The summed E-state index contributed by atoms with van der Waals surface area (Å²) in [6.07, 6.45) is 4.03. The summed E-state index contributed by atoms with van der Waals surface area (Å²) in [5, 5.41) is 13.4. The molecule has 0 atom stereocenters. The summed E-state index contributed by atoms with van der Waals surface area (Å²) in [4.78, 5) is 25.5. The van der Waals surface area contributed by atoms with Gasteiger partial charge in [0.15, 0.2) is 12.7 Å². The van der Waals surface area contributed by atoms with Gasteiger partial charge in [-0.1, -0.05) is 49.9 Å². The Hall–Kier alpha value is -3.62. The zero-order valence-electron chi connectivity index (χ0n) is 20.4. The molecule has 4 aromatic rings. The summed E-state index contributed by atoms with van der Waals surface area (Å²) in [5.41, 5.74) is 3.26. The summed E-state index contributed by atoms with van der Waals surface area (Å²) < 4.78 is 5.48. The molecule has 6 nitrogen and oxygen atoms in total. The lowest BCUT2D eigenvalue weighted by Gasteiger charge is -2.02. The minimum atomic E-state index is -0.935. The van der Waals surface area contributed by atoms with Crippen LogP contribution >= 0.6 is 23.1 Å². The van der Waals surface area contributed by atoms with Gasteiger partial charge >= 0.3 is 5.97 Å². The summed E-state index contributed by atoms with van der Waals surface area (Å²) in [7, 11) is 0. The monoisotopic (exact) mass is 518 g/mol. The summed E-state index contributed by atoms with van der Waals surface area (Å²) in [6.45, 7) is 7.15. The molecule has 0 radical (unpaired) electrons. The van der Waals surface area contributed by atoms with E-state index < -0.39 is 5.97 Å². The third-order valence-electron chi connectivity index (χ3n) is 5.58. The van der Waals surface area contributed by atoms with E-state index >= 15 is 0 Å². The van der Waals surface area contributed by atoms with Crippen molar-refractivity contribution in [3.63, 3.8) is 0 Å². The van der Waals surface area contributed by atoms with Crippen molar-refractivity contribution in [2.24, 2.45) is 0 Å². The van der Waals surface area contributed by atoms with Gasteiger partial charge in [-0.05, 0) is 37.3 Å². The van der Waals surface area contributed by atoms with E-state index in [-0.39, 0.29) is 11.1 Å². The van der Waals surface area contributed by atoms with Crippen molar-refractivity contribution in [2.45, 2.75) is 38.8 Å². The summed E-state index contributed by atoms with van der Waals surface area (Å²) in [6, 6.07) is 20.9. The van der Waals surface area contributed by atoms with Crippen LogP contribution in [0.25, 0.3) is 11.1 Å². The number of carboxylic acids is 1. The van der Waals surface area contributed by atoms with Gasteiger partial charge in [0.05, 0.1) is 11.3 Å². The zero-order valence-corrected chi connectivity index (χ0v) is 22.0. The van der Waals surface area contributed by atoms with Gasteiger partial charge in [-0.25, -0.2) is 4.79 Å². The second-order valence-corrected chi connectivity index (χ2v) is 9.85. The number of nitrogens with one attached hydrogen (secondary N) is 1. The molecule has 0 spiro atoms. The molecule has 0 amide bonds. The van der Waals surface area contributed by atoms with Gasteiger partial charge in [-0.3, -0.25) is 9.36 Å². The van der Waals surface area contributed by atoms with Crippen LogP contribution in [0.15, 0.2) is 82.6 Å². The maximum atomic E-state index is 13.2. The first-order valence-electron chi connectivity index (χ1n) is 11.8. The Bertz CT molecular complexity index is 1540. The van der Waals surface area contributed by atoms with E-state index in [4.69, 9.17) is 5.11 Å². The van der Waals surface area contributed by atoms with Crippen molar-refractivity contribution in [1.29, 1.82) is 0 Å². The normalized spacial score (nSPS) is 14.0. The minimum absolute atomic E-state index is 0.00768. The number of nitrogens with zero attached hydrogens (tertiary/aromatic N) is 2. The van der Waals surface area contributed by atoms with Gasteiger partial charge in [0, 0.05) is 35.2 Å². The number of hydrogen-bond donors (Lipinski definition) is 2. The molecule has 2 aromatic carbocycles. The van der Waals surface area contributed by atoms with Crippen molar-refractivity contribution < 1.29 is 14.5 Å². The molecule has 0 fully saturated rings. The highest BCUT2D eigenvalue weighted by molar-refractivity contribution is 8.08. The van der Waals surface area contributed by atoms with E-state index in [0.29, 0.717) is 17.6 Å². The fraction of sp³-hybridized carbons (Fsp3) is 0.179. The van der Waals surface area contributed by atoms with Gasteiger partial charge in [0.2, 0.25) is 5.69 Å². The molecule has 0 saturated carbocycles. The van der Waals surface area contributed by atoms with Crippen molar-refractivity contribution >= 4 is 45.9 Å². The van der Waals surface area contributed by atoms with Gasteiger partial charge in [0.25, 0.3) is 5.56 Å². The third-order valence-corrected chi connectivity index (χ3v) is 7.93. The van der Waals surface area contributed by atoms with E-state index in [2.05, 4.69) is 16.0 Å². The maximum Gasteiger partial charge on any atom is 0.335 e. The van der Waals surface area contributed by atoms with Crippen LogP contribution in [-0.2, 0) is 13.1 Å². The number of fused-ring (bicyclic) bond motifs is 1. The zero-order chi connectivity index (χ0) is 25.7. The largest absolute Gasteiger partial charge is 0.478 e. The molecule has 184 valence electrons. The summed E-state index contributed by atoms with van der Waals surface area (Å²) in [5.74, 6) is -0.935. The lowest BCUT2D eigenvalue weighted by molar-refractivity contribution is -0.690. The van der Waals surface area contributed by atoms with Crippen molar-refractivity contribution in [1.82, 2.24) is 4.57 Å². The van der Waals surface area contributed by atoms with Crippen LogP contribution in [0.5, 0.6) is 0 Å². The number of para-hydroxylation sites is 1. The Labute approximate surface area is 217 Å². The van der Waals surface area contributed by atoms with Crippen LogP contribution in [-0.4, -0.2) is 15.6 Å². The predicted octanol–water partition coefficient (Wildman–Crippen LogP) is 4.10.